The van der Waals surface area contributed by atoms with Crippen LogP contribution in [0.5, 0.6) is 23.0 Å². The molecule has 1 amide bonds. The lowest BCUT2D eigenvalue weighted by Gasteiger charge is -2.44. The predicted molar refractivity (Wildman–Crippen MR) is 125 cm³/mol. The third-order valence-electron chi connectivity index (χ3n) is 7.03. The summed E-state index contributed by atoms with van der Waals surface area (Å²) in [5, 5.41) is 0. The van der Waals surface area contributed by atoms with Gasteiger partial charge in [0.1, 0.15) is 0 Å². The number of fused-ring (bicyclic) bond motifs is 1. The Kier molecular flexibility index (Phi) is 6.70. The van der Waals surface area contributed by atoms with Crippen LogP contribution in [-0.2, 0) is 21.4 Å². The van der Waals surface area contributed by atoms with Crippen LogP contribution in [0.3, 0.4) is 0 Å². The molecule has 0 aromatic heterocycles. The molecule has 0 aliphatic carbocycles. The number of amides is 1. The Hall–Kier alpha value is -2.93. The molecule has 2 aliphatic heterocycles. The standard InChI is InChI=1S/C26H33NO6/c1-17-20-15-24(32-5)22(30-3)13-18(20)9-11-27(17)25(28)26(10-6-12-33-16-26)19-7-8-21(29-2)23(14-19)31-4/h7-8,13-15,17H,6,9-12,16H2,1-5H3/t17-,26+/m0/s1. The summed E-state index contributed by atoms with van der Waals surface area (Å²) in [5.41, 5.74) is 2.41. The first-order valence-corrected chi connectivity index (χ1v) is 11.3. The van der Waals surface area contributed by atoms with Crippen molar-refractivity contribution in [1.29, 1.82) is 0 Å². The van der Waals surface area contributed by atoms with Crippen molar-refractivity contribution in [3.63, 3.8) is 0 Å². The van der Waals surface area contributed by atoms with Crippen molar-refractivity contribution >= 4 is 5.91 Å². The van der Waals surface area contributed by atoms with Crippen LogP contribution in [0.2, 0.25) is 0 Å². The van der Waals surface area contributed by atoms with Crippen LogP contribution < -0.4 is 18.9 Å². The van der Waals surface area contributed by atoms with E-state index in [0.29, 0.717) is 42.8 Å². The van der Waals surface area contributed by atoms with Gasteiger partial charge in [0, 0.05) is 13.2 Å². The first kappa shape index (κ1) is 23.2. The highest BCUT2D eigenvalue weighted by molar-refractivity contribution is 5.89. The number of hydrogen-bond acceptors (Lipinski definition) is 6. The summed E-state index contributed by atoms with van der Waals surface area (Å²) >= 11 is 0. The molecule has 0 N–H and O–H groups in total. The first-order valence-electron chi connectivity index (χ1n) is 11.3. The van der Waals surface area contributed by atoms with Gasteiger partial charge in [-0.05, 0) is 67.1 Å². The summed E-state index contributed by atoms with van der Waals surface area (Å²) in [7, 11) is 6.49. The highest BCUT2D eigenvalue weighted by Gasteiger charge is 2.47. The van der Waals surface area contributed by atoms with Gasteiger partial charge < -0.3 is 28.6 Å². The molecule has 0 saturated carbocycles. The molecule has 7 nitrogen and oxygen atoms in total. The molecule has 0 unspecified atom stereocenters. The van der Waals surface area contributed by atoms with Gasteiger partial charge in [0.25, 0.3) is 0 Å². The van der Waals surface area contributed by atoms with Crippen LogP contribution in [0.25, 0.3) is 0 Å². The van der Waals surface area contributed by atoms with Gasteiger partial charge in [0.05, 0.1) is 46.5 Å². The maximum atomic E-state index is 14.2. The Bertz CT molecular complexity index is 1010. The van der Waals surface area contributed by atoms with E-state index < -0.39 is 5.41 Å². The molecule has 33 heavy (non-hydrogen) atoms. The van der Waals surface area contributed by atoms with E-state index in [9.17, 15) is 4.79 Å². The maximum Gasteiger partial charge on any atom is 0.236 e. The van der Waals surface area contributed by atoms with E-state index in [1.807, 2.05) is 35.2 Å². The summed E-state index contributed by atoms with van der Waals surface area (Å²) < 4.78 is 27.8. The molecule has 1 saturated heterocycles. The van der Waals surface area contributed by atoms with Crippen molar-refractivity contribution in [3.05, 3.63) is 47.0 Å². The number of carbonyl (C=O) groups excluding carboxylic acids is 1. The number of benzene rings is 2. The van der Waals surface area contributed by atoms with Gasteiger partial charge in [-0.25, -0.2) is 0 Å². The van der Waals surface area contributed by atoms with Gasteiger partial charge in [-0.15, -0.1) is 0 Å². The fourth-order valence-corrected chi connectivity index (χ4v) is 5.15. The van der Waals surface area contributed by atoms with Crippen molar-refractivity contribution in [1.82, 2.24) is 4.90 Å². The van der Waals surface area contributed by atoms with Crippen molar-refractivity contribution in [2.45, 2.75) is 37.6 Å². The van der Waals surface area contributed by atoms with E-state index in [0.717, 1.165) is 30.4 Å². The molecule has 0 spiro atoms. The lowest BCUT2D eigenvalue weighted by molar-refractivity contribution is -0.145. The zero-order chi connectivity index (χ0) is 23.6. The molecule has 2 aliphatic rings. The molecule has 4 rings (SSSR count). The fourth-order valence-electron chi connectivity index (χ4n) is 5.15. The van der Waals surface area contributed by atoms with E-state index in [-0.39, 0.29) is 11.9 Å². The van der Waals surface area contributed by atoms with Crippen LogP contribution >= 0.6 is 0 Å². The van der Waals surface area contributed by atoms with Crippen molar-refractivity contribution in [3.8, 4) is 23.0 Å². The van der Waals surface area contributed by atoms with Crippen molar-refractivity contribution in [2.24, 2.45) is 0 Å². The Morgan fingerprint density at radius 2 is 1.64 bits per heavy atom. The molecule has 2 atom stereocenters. The maximum absolute atomic E-state index is 14.2. The second kappa shape index (κ2) is 9.51. The average Bonchev–Trinajstić information content (AvgIpc) is 2.87. The number of rotatable bonds is 6. The monoisotopic (exact) mass is 455 g/mol. The van der Waals surface area contributed by atoms with Gasteiger partial charge >= 0.3 is 0 Å². The Morgan fingerprint density at radius 1 is 0.970 bits per heavy atom. The summed E-state index contributed by atoms with van der Waals surface area (Å²) in [6.45, 7) is 3.73. The summed E-state index contributed by atoms with van der Waals surface area (Å²) in [4.78, 5) is 16.2. The van der Waals surface area contributed by atoms with E-state index in [1.54, 1.807) is 28.4 Å². The van der Waals surface area contributed by atoms with E-state index in [4.69, 9.17) is 23.7 Å². The van der Waals surface area contributed by atoms with Gasteiger partial charge in [0.2, 0.25) is 5.91 Å². The van der Waals surface area contributed by atoms with Crippen LogP contribution in [0.4, 0.5) is 0 Å². The third-order valence-corrected chi connectivity index (χ3v) is 7.03. The number of carbonyl (C=O) groups is 1. The topological polar surface area (TPSA) is 66.5 Å². The van der Waals surface area contributed by atoms with Crippen LogP contribution in [-0.4, -0.2) is 59.0 Å². The minimum atomic E-state index is -0.764. The zero-order valence-corrected chi connectivity index (χ0v) is 20.1. The largest absolute Gasteiger partial charge is 0.493 e. The number of nitrogens with zero attached hydrogens (tertiary/aromatic N) is 1. The zero-order valence-electron chi connectivity index (χ0n) is 20.1. The van der Waals surface area contributed by atoms with Crippen LogP contribution in [0, 0.1) is 0 Å². The predicted octanol–water partition coefficient (Wildman–Crippen LogP) is 3.92. The van der Waals surface area contributed by atoms with Gasteiger partial charge in [0.15, 0.2) is 23.0 Å². The molecular weight excluding hydrogens is 422 g/mol. The quantitative estimate of drug-likeness (QED) is 0.658. The molecule has 0 radical (unpaired) electrons. The molecular formula is C26H33NO6. The first-order chi connectivity index (χ1) is 16.0. The third kappa shape index (κ3) is 3.99. The van der Waals surface area contributed by atoms with Gasteiger partial charge in [-0.1, -0.05) is 6.07 Å². The van der Waals surface area contributed by atoms with E-state index in [1.165, 1.54) is 5.56 Å². The SMILES string of the molecule is COc1ccc([C@@]2(C(=O)N3CCc4cc(OC)c(OC)cc4[C@@H]3C)CCCOC2)cc1OC. The minimum Gasteiger partial charge on any atom is -0.493 e. The van der Waals surface area contributed by atoms with E-state index >= 15 is 0 Å². The highest BCUT2D eigenvalue weighted by atomic mass is 16.5. The lowest BCUT2D eigenvalue weighted by Crippen LogP contribution is -2.53. The molecule has 2 heterocycles. The second-order valence-corrected chi connectivity index (χ2v) is 8.64. The number of hydrogen-bond donors (Lipinski definition) is 0. The molecule has 2 aromatic rings. The molecule has 1 fully saturated rings. The summed E-state index contributed by atoms with van der Waals surface area (Å²) in [5.74, 6) is 2.73. The average molecular weight is 456 g/mol. The highest BCUT2D eigenvalue weighted by Crippen LogP contribution is 2.43. The van der Waals surface area contributed by atoms with Crippen molar-refractivity contribution < 1.29 is 28.5 Å². The minimum absolute atomic E-state index is 0.0855. The smallest absolute Gasteiger partial charge is 0.236 e. The molecule has 2 aromatic carbocycles. The van der Waals surface area contributed by atoms with Crippen LogP contribution in [0.15, 0.2) is 30.3 Å². The number of methoxy groups -OCH3 is 4. The Labute approximate surface area is 195 Å². The molecule has 178 valence electrons. The van der Waals surface area contributed by atoms with E-state index in [2.05, 4.69) is 6.92 Å². The Balaban J connectivity index is 1.73. The summed E-state index contributed by atoms with van der Waals surface area (Å²) in [6.07, 6.45) is 2.31. The Morgan fingerprint density at radius 3 is 2.27 bits per heavy atom. The fraction of sp³-hybridized carbons (Fsp3) is 0.500. The molecule has 0 bridgehead atoms. The summed E-state index contributed by atoms with van der Waals surface area (Å²) in [6, 6.07) is 9.68. The second-order valence-electron chi connectivity index (χ2n) is 8.64. The lowest BCUT2D eigenvalue weighted by atomic mass is 9.74. The molecule has 7 heteroatoms. The van der Waals surface area contributed by atoms with Gasteiger partial charge in [-0.2, -0.15) is 0 Å². The number of ether oxygens (including phenoxy) is 5. The van der Waals surface area contributed by atoms with Crippen molar-refractivity contribution in [2.75, 3.05) is 48.2 Å². The van der Waals surface area contributed by atoms with Crippen LogP contribution in [0.1, 0.15) is 42.5 Å². The van der Waals surface area contributed by atoms with Gasteiger partial charge in [-0.3, -0.25) is 4.79 Å². The normalized spacial score (nSPS) is 22.3.